The number of ether oxygens (including phenoxy) is 3. The first-order chi connectivity index (χ1) is 18.7. The Balaban J connectivity index is 1.32. The van der Waals surface area contributed by atoms with Crippen LogP contribution in [-0.4, -0.2) is 70.8 Å². The summed E-state index contributed by atoms with van der Waals surface area (Å²) in [6.45, 7) is 6.79. The van der Waals surface area contributed by atoms with Gasteiger partial charge in [0.1, 0.15) is 12.3 Å². The maximum Gasteiger partial charge on any atom is 0.264 e. The van der Waals surface area contributed by atoms with Crippen molar-refractivity contribution in [1.82, 2.24) is 9.80 Å². The SMILES string of the molecule is COc1ccc(C)cc1N(CC(=O)N1CCN(Cc2ccc3c(c2)OCO3)CC1)S(=O)(=O)c1ccc(C)cc1. The molecule has 0 saturated carbocycles. The highest BCUT2D eigenvalue weighted by Gasteiger charge is 2.32. The number of carbonyl (C=O) groups is 1. The van der Waals surface area contributed by atoms with E-state index in [4.69, 9.17) is 14.2 Å². The fourth-order valence-electron chi connectivity index (χ4n) is 4.81. The van der Waals surface area contributed by atoms with Crippen LogP contribution >= 0.6 is 0 Å². The number of carbonyl (C=O) groups excluding carboxylic acids is 1. The van der Waals surface area contributed by atoms with E-state index in [2.05, 4.69) is 4.90 Å². The summed E-state index contributed by atoms with van der Waals surface area (Å²) in [4.78, 5) is 17.6. The molecule has 0 radical (unpaired) electrons. The van der Waals surface area contributed by atoms with E-state index in [-0.39, 0.29) is 24.1 Å². The third-order valence-corrected chi connectivity index (χ3v) is 8.83. The monoisotopic (exact) mass is 551 g/mol. The van der Waals surface area contributed by atoms with Crippen LogP contribution in [0.15, 0.2) is 65.6 Å². The van der Waals surface area contributed by atoms with E-state index in [0.717, 1.165) is 34.7 Å². The molecular weight excluding hydrogens is 518 g/mol. The average Bonchev–Trinajstić information content (AvgIpc) is 3.40. The quantitative estimate of drug-likeness (QED) is 0.423. The van der Waals surface area contributed by atoms with E-state index in [0.29, 0.717) is 37.6 Å². The molecule has 39 heavy (non-hydrogen) atoms. The Hall–Kier alpha value is -3.76. The molecule has 0 N–H and O–H groups in total. The first kappa shape index (κ1) is 26.8. The fourth-order valence-corrected chi connectivity index (χ4v) is 6.22. The maximum absolute atomic E-state index is 13.9. The lowest BCUT2D eigenvalue weighted by molar-refractivity contribution is -0.131. The summed E-state index contributed by atoms with van der Waals surface area (Å²) in [6.07, 6.45) is 0. The minimum absolute atomic E-state index is 0.123. The lowest BCUT2D eigenvalue weighted by Gasteiger charge is -2.36. The zero-order valence-electron chi connectivity index (χ0n) is 22.4. The fraction of sp³-hybridized carbons (Fsp3) is 0.345. The van der Waals surface area contributed by atoms with Gasteiger partial charge in [0.25, 0.3) is 10.0 Å². The molecule has 0 atom stereocenters. The molecule has 10 heteroatoms. The van der Waals surface area contributed by atoms with Crippen LogP contribution in [0, 0.1) is 13.8 Å². The molecule has 2 heterocycles. The van der Waals surface area contributed by atoms with E-state index in [1.807, 2.05) is 38.1 Å². The molecule has 5 rings (SSSR count). The molecule has 0 bridgehead atoms. The molecule has 2 aliphatic heterocycles. The van der Waals surface area contributed by atoms with Crippen LogP contribution in [0.3, 0.4) is 0 Å². The zero-order valence-corrected chi connectivity index (χ0v) is 23.2. The zero-order chi connectivity index (χ0) is 27.6. The second-order valence-electron chi connectivity index (χ2n) is 9.84. The van der Waals surface area contributed by atoms with Crippen molar-refractivity contribution >= 4 is 21.6 Å². The predicted molar refractivity (Wildman–Crippen MR) is 148 cm³/mol. The Kier molecular flexibility index (Phi) is 7.67. The molecule has 0 aliphatic carbocycles. The number of benzene rings is 3. The molecule has 206 valence electrons. The lowest BCUT2D eigenvalue weighted by Crippen LogP contribution is -2.51. The average molecular weight is 552 g/mol. The number of nitrogens with zero attached hydrogens (tertiary/aromatic N) is 3. The van der Waals surface area contributed by atoms with Crippen molar-refractivity contribution < 1.29 is 27.4 Å². The van der Waals surface area contributed by atoms with Gasteiger partial charge in [-0.15, -0.1) is 0 Å². The van der Waals surface area contributed by atoms with E-state index in [1.54, 1.807) is 41.3 Å². The van der Waals surface area contributed by atoms with Gasteiger partial charge in [0.2, 0.25) is 12.7 Å². The number of piperazine rings is 1. The van der Waals surface area contributed by atoms with E-state index in [9.17, 15) is 13.2 Å². The van der Waals surface area contributed by atoms with Gasteiger partial charge < -0.3 is 19.1 Å². The molecule has 9 nitrogen and oxygen atoms in total. The Morgan fingerprint density at radius 3 is 2.31 bits per heavy atom. The van der Waals surface area contributed by atoms with Crippen LogP contribution in [0.5, 0.6) is 17.2 Å². The molecule has 0 aromatic heterocycles. The van der Waals surface area contributed by atoms with E-state index in [1.165, 1.54) is 11.4 Å². The third kappa shape index (κ3) is 5.81. The van der Waals surface area contributed by atoms with Gasteiger partial charge in [-0.25, -0.2) is 8.42 Å². The van der Waals surface area contributed by atoms with Gasteiger partial charge in [0, 0.05) is 32.7 Å². The molecule has 3 aromatic carbocycles. The van der Waals surface area contributed by atoms with Gasteiger partial charge in [0.05, 0.1) is 17.7 Å². The molecule has 1 fully saturated rings. The van der Waals surface area contributed by atoms with Gasteiger partial charge in [-0.3, -0.25) is 14.0 Å². The number of hydrogen-bond donors (Lipinski definition) is 0. The summed E-state index contributed by atoms with van der Waals surface area (Å²) in [6, 6.07) is 17.9. The standard InChI is InChI=1S/C29H33N3O6S/c1-21-4-8-24(9-5-21)39(34,35)32(25-16-22(2)6-10-26(25)36-3)19-29(33)31-14-12-30(13-15-31)18-23-7-11-27-28(17-23)38-20-37-27/h4-11,16-17H,12-15,18-20H2,1-3H3. The third-order valence-electron chi connectivity index (χ3n) is 7.06. The first-order valence-electron chi connectivity index (χ1n) is 12.9. The highest BCUT2D eigenvalue weighted by Crippen LogP contribution is 2.34. The van der Waals surface area contributed by atoms with Crippen molar-refractivity contribution in [3.05, 3.63) is 77.4 Å². The highest BCUT2D eigenvalue weighted by molar-refractivity contribution is 7.92. The molecule has 0 unspecified atom stereocenters. The number of hydrogen-bond acceptors (Lipinski definition) is 7. The van der Waals surface area contributed by atoms with Crippen LogP contribution in [-0.2, 0) is 21.4 Å². The summed E-state index contributed by atoms with van der Waals surface area (Å²) in [5.41, 5.74) is 3.26. The van der Waals surface area contributed by atoms with Crippen molar-refractivity contribution in [3.63, 3.8) is 0 Å². The predicted octanol–water partition coefficient (Wildman–Crippen LogP) is 3.58. The Morgan fingerprint density at radius 1 is 0.897 bits per heavy atom. The van der Waals surface area contributed by atoms with Gasteiger partial charge in [-0.2, -0.15) is 0 Å². The molecular formula is C29H33N3O6S. The van der Waals surface area contributed by atoms with Crippen molar-refractivity contribution in [2.24, 2.45) is 0 Å². The van der Waals surface area contributed by atoms with Crippen molar-refractivity contribution in [2.75, 3.05) is 50.9 Å². The van der Waals surface area contributed by atoms with Crippen molar-refractivity contribution in [1.29, 1.82) is 0 Å². The van der Waals surface area contributed by atoms with Gasteiger partial charge in [-0.1, -0.05) is 29.8 Å². The summed E-state index contributed by atoms with van der Waals surface area (Å²) < 4.78 is 45.2. The summed E-state index contributed by atoms with van der Waals surface area (Å²) >= 11 is 0. The van der Waals surface area contributed by atoms with Gasteiger partial charge in [0.15, 0.2) is 11.5 Å². The second-order valence-corrected chi connectivity index (χ2v) is 11.7. The topological polar surface area (TPSA) is 88.6 Å². The van der Waals surface area contributed by atoms with Crippen LogP contribution < -0.4 is 18.5 Å². The number of rotatable bonds is 8. The molecule has 2 aliphatic rings. The highest BCUT2D eigenvalue weighted by atomic mass is 32.2. The molecule has 1 saturated heterocycles. The summed E-state index contributed by atoms with van der Waals surface area (Å²) in [5, 5.41) is 0. The molecule has 0 spiro atoms. The van der Waals surface area contributed by atoms with Crippen LogP contribution in [0.2, 0.25) is 0 Å². The summed E-state index contributed by atoms with van der Waals surface area (Å²) in [5.74, 6) is 1.64. The number of methoxy groups -OCH3 is 1. The van der Waals surface area contributed by atoms with E-state index < -0.39 is 10.0 Å². The Labute approximate surface area is 229 Å². The maximum atomic E-state index is 13.9. The van der Waals surface area contributed by atoms with Crippen molar-refractivity contribution in [3.8, 4) is 17.2 Å². The minimum Gasteiger partial charge on any atom is -0.495 e. The number of anilines is 1. The van der Waals surface area contributed by atoms with Gasteiger partial charge in [-0.05, 0) is 61.4 Å². The number of amides is 1. The van der Waals surface area contributed by atoms with Crippen LogP contribution in [0.25, 0.3) is 0 Å². The number of aryl methyl sites for hydroxylation is 2. The summed E-state index contributed by atoms with van der Waals surface area (Å²) in [7, 11) is -2.55. The van der Waals surface area contributed by atoms with Crippen molar-refractivity contribution in [2.45, 2.75) is 25.3 Å². The first-order valence-corrected chi connectivity index (χ1v) is 14.3. The second kappa shape index (κ2) is 11.2. The normalized spacial score (nSPS) is 15.3. The largest absolute Gasteiger partial charge is 0.495 e. The number of fused-ring (bicyclic) bond motifs is 1. The minimum atomic E-state index is -4.04. The molecule has 3 aromatic rings. The Morgan fingerprint density at radius 2 is 1.59 bits per heavy atom. The molecule has 1 amide bonds. The van der Waals surface area contributed by atoms with Crippen LogP contribution in [0.4, 0.5) is 5.69 Å². The van der Waals surface area contributed by atoms with Gasteiger partial charge >= 0.3 is 0 Å². The smallest absolute Gasteiger partial charge is 0.264 e. The van der Waals surface area contributed by atoms with E-state index >= 15 is 0 Å². The number of sulfonamides is 1. The Bertz CT molecular complexity index is 1450. The van der Waals surface area contributed by atoms with Crippen LogP contribution in [0.1, 0.15) is 16.7 Å². The lowest BCUT2D eigenvalue weighted by atomic mass is 10.1.